The van der Waals surface area contributed by atoms with E-state index in [0.29, 0.717) is 12.6 Å². The Morgan fingerprint density at radius 3 is 2.81 bits per heavy atom. The summed E-state index contributed by atoms with van der Waals surface area (Å²) in [6, 6.07) is 8.49. The van der Waals surface area contributed by atoms with Crippen LogP contribution in [-0.2, 0) is 4.79 Å². The Morgan fingerprint density at radius 1 is 1.10 bits per heavy atom. The third kappa shape index (κ3) is 2.27. The van der Waals surface area contributed by atoms with Crippen molar-refractivity contribution in [3.63, 3.8) is 0 Å². The second-order valence-corrected chi connectivity index (χ2v) is 6.56. The van der Waals surface area contributed by atoms with Crippen molar-refractivity contribution in [1.82, 2.24) is 4.90 Å². The SMILES string of the molecule is O=C(C1CNc2ccccc2N1)N1CCC2CCCCC21. The van der Waals surface area contributed by atoms with Crippen molar-refractivity contribution in [2.24, 2.45) is 5.92 Å². The molecule has 1 saturated carbocycles. The highest BCUT2D eigenvalue weighted by Crippen LogP contribution is 2.37. The molecule has 4 nitrogen and oxygen atoms in total. The summed E-state index contributed by atoms with van der Waals surface area (Å²) in [6.45, 7) is 1.64. The number of fused-ring (bicyclic) bond motifs is 2. The van der Waals surface area contributed by atoms with Gasteiger partial charge < -0.3 is 15.5 Å². The van der Waals surface area contributed by atoms with E-state index < -0.39 is 0 Å². The molecule has 1 aliphatic carbocycles. The van der Waals surface area contributed by atoms with Gasteiger partial charge in [0.2, 0.25) is 5.91 Å². The van der Waals surface area contributed by atoms with Crippen molar-refractivity contribution in [2.45, 2.75) is 44.2 Å². The summed E-state index contributed by atoms with van der Waals surface area (Å²) in [7, 11) is 0. The number of nitrogens with zero attached hydrogens (tertiary/aromatic N) is 1. The fraction of sp³-hybridized carbons (Fsp3) is 0.588. The van der Waals surface area contributed by atoms with Crippen LogP contribution in [0.3, 0.4) is 0 Å². The molecule has 2 aliphatic heterocycles. The van der Waals surface area contributed by atoms with Gasteiger partial charge in [-0.25, -0.2) is 0 Å². The van der Waals surface area contributed by atoms with Crippen molar-refractivity contribution in [3.05, 3.63) is 24.3 Å². The first-order chi connectivity index (χ1) is 10.3. The molecule has 4 heteroatoms. The Kier molecular flexibility index (Phi) is 3.24. The smallest absolute Gasteiger partial charge is 0.247 e. The predicted molar refractivity (Wildman–Crippen MR) is 84.4 cm³/mol. The first-order valence-corrected chi connectivity index (χ1v) is 8.23. The van der Waals surface area contributed by atoms with Crippen molar-refractivity contribution in [3.8, 4) is 0 Å². The van der Waals surface area contributed by atoms with Crippen LogP contribution >= 0.6 is 0 Å². The van der Waals surface area contributed by atoms with Gasteiger partial charge in [-0.1, -0.05) is 25.0 Å². The molecule has 1 saturated heterocycles. The van der Waals surface area contributed by atoms with Gasteiger partial charge in [-0.2, -0.15) is 0 Å². The Balaban J connectivity index is 1.49. The zero-order chi connectivity index (χ0) is 14.2. The van der Waals surface area contributed by atoms with Crippen molar-refractivity contribution in [1.29, 1.82) is 0 Å². The minimum Gasteiger partial charge on any atom is -0.381 e. The van der Waals surface area contributed by atoms with Gasteiger partial charge >= 0.3 is 0 Å². The Labute approximate surface area is 125 Å². The van der Waals surface area contributed by atoms with Crippen LogP contribution in [0.2, 0.25) is 0 Å². The largest absolute Gasteiger partial charge is 0.381 e. The molecule has 3 aliphatic rings. The molecule has 1 aromatic carbocycles. The number of rotatable bonds is 1. The first-order valence-electron chi connectivity index (χ1n) is 8.23. The number of amides is 1. The lowest BCUT2D eigenvalue weighted by molar-refractivity contribution is -0.133. The first kappa shape index (κ1) is 13.0. The molecular formula is C17H23N3O. The fourth-order valence-corrected chi connectivity index (χ4v) is 4.24. The summed E-state index contributed by atoms with van der Waals surface area (Å²) in [6.07, 6.45) is 6.35. The number of carbonyl (C=O) groups excluding carboxylic acids is 1. The normalized spacial score (nSPS) is 30.9. The lowest BCUT2D eigenvalue weighted by Gasteiger charge is -2.36. The van der Waals surface area contributed by atoms with E-state index in [4.69, 9.17) is 0 Å². The number of carbonyl (C=O) groups is 1. The molecule has 1 aromatic rings. The molecule has 2 heterocycles. The molecule has 2 N–H and O–H groups in total. The van der Waals surface area contributed by atoms with E-state index in [1.165, 1.54) is 32.1 Å². The van der Waals surface area contributed by atoms with Crippen LogP contribution in [0.15, 0.2) is 24.3 Å². The van der Waals surface area contributed by atoms with Gasteiger partial charge in [-0.3, -0.25) is 4.79 Å². The van der Waals surface area contributed by atoms with Crippen LogP contribution in [0.1, 0.15) is 32.1 Å². The van der Waals surface area contributed by atoms with Gasteiger partial charge in [0.1, 0.15) is 6.04 Å². The van der Waals surface area contributed by atoms with Crippen LogP contribution < -0.4 is 10.6 Å². The van der Waals surface area contributed by atoms with E-state index >= 15 is 0 Å². The van der Waals surface area contributed by atoms with Crippen molar-refractivity contribution in [2.75, 3.05) is 23.7 Å². The standard InChI is InChI=1S/C17H23N3O/c21-17(20-10-9-12-5-1-4-8-16(12)20)15-11-18-13-6-2-3-7-14(13)19-15/h2-3,6-7,12,15-16,18-19H,1,4-5,8-11H2. The molecule has 3 unspecified atom stereocenters. The van der Waals surface area contributed by atoms with Gasteiger partial charge in [0.25, 0.3) is 0 Å². The van der Waals surface area contributed by atoms with E-state index in [9.17, 15) is 4.79 Å². The van der Waals surface area contributed by atoms with Crippen LogP contribution in [0.4, 0.5) is 11.4 Å². The number of anilines is 2. The zero-order valence-electron chi connectivity index (χ0n) is 12.3. The number of likely N-dealkylation sites (tertiary alicyclic amines) is 1. The number of nitrogens with one attached hydrogen (secondary N) is 2. The van der Waals surface area contributed by atoms with Crippen LogP contribution in [0.25, 0.3) is 0 Å². The quantitative estimate of drug-likeness (QED) is 0.834. The predicted octanol–water partition coefficient (Wildman–Crippen LogP) is 2.68. The molecule has 0 aromatic heterocycles. The molecule has 2 fully saturated rings. The molecule has 0 radical (unpaired) electrons. The fourth-order valence-electron chi connectivity index (χ4n) is 4.24. The summed E-state index contributed by atoms with van der Waals surface area (Å²) in [5.74, 6) is 1.04. The molecular weight excluding hydrogens is 262 g/mol. The number of hydrogen-bond acceptors (Lipinski definition) is 3. The summed E-state index contributed by atoms with van der Waals surface area (Å²) >= 11 is 0. The third-order valence-corrected chi connectivity index (χ3v) is 5.34. The molecule has 1 amide bonds. The molecule has 112 valence electrons. The average molecular weight is 285 g/mol. The minimum absolute atomic E-state index is 0.124. The molecule has 3 atom stereocenters. The Bertz CT molecular complexity index is 545. The topological polar surface area (TPSA) is 44.4 Å². The van der Waals surface area contributed by atoms with Crippen molar-refractivity contribution >= 4 is 17.3 Å². The Morgan fingerprint density at radius 2 is 1.90 bits per heavy atom. The minimum atomic E-state index is -0.124. The third-order valence-electron chi connectivity index (χ3n) is 5.34. The molecule has 21 heavy (non-hydrogen) atoms. The highest BCUT2D eigenvalue weighted by molar-refractivity contribution is 5.89. The summed E-state index contributed by atoms with van der Waals surface area (Å²) < 4.78 is 0. The number of hydrogen-bond donors (Lipinski definition) is 2. The lowest BCUT2D eigenvalue weighted by Crippen LogP contribution is -2.50. The summed E-state index contributed by atoms with van der Waals surface area (Å²) in [4.78, 5) is 15.1. The van der Waals surface area contributed by atoms with Gasteiger partial charge in [-0.05, 0) is 37.3 Å². The van der Waals surface area contributed by atoms with E-state index in [1.54, 1.807) is 0 Å². The van der Waals surface area contributed by atoms with E-state index in [0.717, 1.165) is 23.8 Å². The van der Waals surface area contributed by atoms with Gasteiger partial charge in [0.15, 0.2) is 0 Å². The summed E-state index contributed by atoms with van der Waals surface area (Å²) in [5.41, 5.74) is 2.14. The summed E-state index contributed by atoms with van der Waals surface area (Å²) in [5, 5.41) is 6.79. The molecule has 0 spiro atoms. The zero-order valence-corrected chi connectivity index (χ0v) is 12.3. The number of benzene rings is 1. The van der Waals surface area contributed by atoms with Crippen molar-refractivity contribution < 1.29 is 4.79 Å². The second-order valence-electron chi connectivity index (χ2n) is 6.56. The van der Waals surface area contributed by atoms with Crippen LogP contribution in [0.5, 0.6) is 0 Å². The van der Waals surface area contributed by atoms with Crippen LogP contribution in [0, 0.1) is 5.92 Å². The molecule has 4 rings (SSSR count). The maximum absolute atomic E-state index is 12.9. The maximum atomic E-state index is 12.9. The highest BCUT2D eigenvalue weighted by Gasteiger charge is 2.40. The van der Waals surface area contributed by atoms with E-state index in [2.05, 4.69) is 21.6 Å². The van der Waals surface area contributed by atoms with Gasteiger partial charge in [0.05, 0.1) is 11.4 Å². The second kappa shape index (κ2) is 5.24. The van der Waals surface area contributed by atoms with E-state index in [1.807, 2.05) is 18.2 Å². The van der Waals surface area contributed by atoms with Gasteiger partial charge in [-0.15, -0.1) is 0 Å². The Hall–Kier alpha value is -1.71. The van der Waals surface area contributed by atoms with E-state index in [-0.39, 0.29) is 11.9 Å². The monoisotopic (exact) mass is 285 g/mol. The maximum Gasteiger partial charge on any atom is 0.247 e. The van der Waals surface area contributed by atoms with Gasteiger partial charge in [0, 0.05) is 19.1 Å². The molecule has 0 bridgehead atoms. The highest BCUT2D eigenvalue weighted by atomic mass is 16.2. The number of para-hydroxylation sites is 2. The average Bonchev–Trinajstić information content (AvgIpc) is 2.98. The van der Waals surface area contributed by atoms with Crippen LogP contribution in [-0.4, -0.2) is 36.0 Å². The lowest BCUT2D eigenvalue weighted by atomic mass is 9.85.